The molecular formula is C26H49O9PS. The van der Waals surface area contributed by atoms with Crippen LogP contribution < -0.4 is 0 Å². The molecule has 0 saturated carbocycles. The number of carbonyl (C=O) groups excluding carboxylic acids is 3. The fraction of sp³-hybridized carbons (Fsp3) is 0.885. The number of ether oxygens (including phenoxy) is 2. The van der Waals surface area contributed by atoms with Crippen LogP contribution in [0.25, 0.3) is 0 Å². The topological polar surface area (TPSA) is 136 Å². The zero-order chi connectivity index (χ0) is 27.8. The summed E-state index contributed by atoms with van der Waals surface area (Å²) in [7, 11) is -4.74. The van der Waals surface area contributed by atoms with E-state index in [4.69, 9.17) is 19.3 Å². The fourth-order valence-electron chi connectivity index (χ4n) is 3.67. The highest BCUT2D eigenvalue weighted by atomic mass is 32.2. The lowest BCUT2D eigenvalue weighted by molar-refractivity contribution is -0.161. The summed E-state index contributed by atoms with van der Waals surface area (Å²) in [6.07, 6.45) is 15.0. The second-order valence-corrected chi connectivity index (χ2v) is 11.9. The maximum Gasteiger partial charge on any atom is 0.469 e. The molecular weight excluding hydrogens is 519 g/mol. The lowest BCUT2D eigenvalue weighted by atomic mass is 10.1. The van der Waals surface area contributed by atoms with Crippen LogP contribution in [0.2, 0.25) is 0 Å². The Balaban J connectivity index is 4.07. The number of hydrogen-bond acceptors (Lipinski definition) is 8. The van der Waals surface area contributed by atoms with Crippen molar-refractivity contribution < 1.29 is 42.7 Å². The van der Waals surface area contributed by atoms with Gasteiger partial charge in [0.25, 0.3) is 0 Å². The normalized spacial score (nSPS) is 12.3. The summed E-state index contributed by atoms with van der Waals surface area (Å²) in [5, 5.41) is 0.157. The maximum atomic E-state index is 12.2. The summed E-state index contributed by atoms with van der Waals surface area (Å²) >= 11 is 1.36. The van der Waals surface area contributed by atoms with E-state index < -0.39 is 32.5 Å². The van der Waals surface area contributed by atoms with Crippen LogP contribution in [0.4, 0.5) is 0 Å². The molecule has 0 heterocycles. The second-order valence-electron chi connectivity index (χ2n) is 9.37. The van der Waals surface area contributed by atoms with Crippen LogP contribution in [-0.2, 0) is 32.9 Å². The number of rotatable bonds is 25. The summed E-state index contributed by atoms with van der Waals surface area (Å²) in [6, 6.07) is 0. The molecule has 0 radical (unpaired) electrons. The minimum absolute atomic E-state index is 0.157. The Labute approximate surface area is 227 Å². The zero-order valence-electron chi connectivity index (χ0n) is 22.8. The van der Waals surface area contributed by atoms with E-state index in [1.54, 1.807) is 6.92 Å². The zero-order valence-corrected chi connectivity index (χ0v) is 24.5. The quantitative estimate of drug-likeness (QED) is 0.0715. The van der Waals surface area contributed by atoms with Crippen LogP contribution in [-0.4, -0.2) is 51.9 Å². The summed E-state index contributed by atoms with van der Waals surface area (Å²) < 4.78 is 25.9. The summed E-state index contributed by atoms with van der Waals surface area (Å²) in [5.41, 5.74) is 0. The van der Waals surface area contributed by atoms with Crippen molar-refractivity contribution in [2.75, 3.05) is 19.0 Å². The van der Waals surface area contributed by atoms with Gasteiger partial charge in [-0.05, 0) is 19.3 Å². The number of carbonyl (C=O) groups is 3. The third kappa shape index (κ3) is 27.9. The smallest absolute Gasteiger partial charge is 0.462 e. The molecule has 0 rings (SSSR count). The molecule has 37 heavy (non-hydrogen) atoms. The molecule has 11 heteroatoms. The second kappa shape index (κ2) is 24.1. The van der Waals surface area contributed by atoms with E-state index >= 15 is 0 Å². The van der Waals surface area contributed by atoms with E-state index in [1.165, 1.54) is 37.4 Å². The van der Waals surface area contributed by atoms with E-state index in [9.17, 15) is 18.9 Å². The molecule has 0 aliphatic rings. The van der Waals surface area contributed by atoms with Crippen LogP contribution in [0.15, 0.2) is 0 Å². The van der Waals surface area contributed by atoms with Gasteiger partial charge in [-0.15, -0.1) is 0 Å². The Kier molecular flexibility index (Phi) is 23.5. The van der Waals surface area contributed by atoms with Crippen LogP contribution in [0.5, 0.6) is 0 Å². The number of thioether (sulfide) groups is 1. The maximum absolute atomic E-state index is 12.2. The molecule has 0 spiro atoms. The van der Waals surface area contributed by atoms with E-state index in [1.807, 2.05) is 0 Å². The van der Waals surface area contributed by atoms with E-state index in [-0.39, 0.29) is 24.6 Å². The first-order valence-electron chi connectivity index (χ1n) is 13.8. The lowest BCUT2D eigenvalue weighted by Crippen LogP contribution is -2.29. The third-order valence-electron chi connectivity index (χ3n) is 5.72. The fourth-order valence-corrected chi connectivity index (χ4v) is 4.67. The Morgan fingerprint density at radius 3 is 1.73 bits per heavy atom. The van der Waals surface area contributed by atoms with Gasteiger partial charge < -0.3 is 19.3 Å². The predicted octanol–water partition coefficient (Wildman–Crippen LogP) is 6.48. The molecule has 0 aliphatic carbocycles. The van der Waals surface area contributed by atoms with Gasteiger partial charge in [-0.3, -0.25) is 18.9 Å². The largest absolute Gasteiger partial charge is 0.469 e. The number of hydrogen-bond donors (Lipinski definition) is 2. The van der Waals surface area contributed by atoms with Crippen molar-refractivity contribution in [1.29, 1.82) is 0 Å². The molecule has 0 fully saturated rings. The molecule has 2 N–H and O–H groups in total. The average molecular weight is 569 g/mol. The molecule has 9 nitrogen and oxygen atoms in total. The van der Waals surface area contributed by atoms with Gasteiger partial charge in [0.15, 0.2) is 11.2 Å². The predicted molar refractivity (Wildman–Crippen MR) is 146 cm³/mol. The van der Waals surface area contributed by atoms with Crippen molar-refractivity contribution >= 4 is 36.6 Å². The number of unbranched alkanes of at least 4 members (excludes halogenated alkanes) is 13. The molecule has 0 aromatic carbocycles. The van der Waals surface area contributed by atoms with Gasteiger partial charge in [0, 0.05) is 25.5 Å². The van der Waals surface area contributed by atoms with E-state index in [2.05, 4.69) is 11.4 Å². The van der Waals surface area contributed by atoms with Crippen molar-refractivity contribution in [3.05, 3.63) is 0 Å². The van der Waals surface area contributed by atoms with Gasteiger partial charge in [-0.2, -0.15) is 0 Å². The van der Waals surface area contributed by atoms with Crippen molar-refractivity contribution in [1.82, 2.24) is 0 Å². The Morgan fingerprint density at radius 1 is 0.730 bits per heavy atom. The average Bonchev–Trinajstić information content (AvgIpc) is 2.82. The first kappa shape index (κ1) is 36.1. The SMILES string of the molecule is CCCCCCCCCCC(=O)O[C@H](COC(=O)CCCCCCCCCSC(C)=O)COP(=O)(O)O. The number of phosphoric acid groups is 1. The molecule has 218 valence electrons. The first-order chi connectivity index (χ1) is 17.6. The van der Waals surface area contributed by atoms with Crippen LogP contribution in [0.3, 0.4) is 0 Å². The standard InChI is InChI=1S/C26H49O9PS/c1-3-4-5-6-7-9-13-16-19-26(29)35-24(22-34-36(30,31)32)21-33-25(28)18-15-12-10-8-11-14-17-20-37-23(2)27/h24H,3-22H2,1-2H3,(H2,30,31,32)/t24-/m1/s1. The van der Waals surface area contributed by atoms with E-state index in [0.717, 1.165) is 63.5 Å². The molecule has 1 atom stereocenters. The third-order valence-corrected chi connectivity index (χ3v) is 7.11. The molecule has 0 unspecified atom stereocenters. The van der Waals surface area contributed by atoms with Gasteiger partial charge in [0.2, 0.25) is 0 Å². The van der Waals surface area contributed by atoms with Crippen molar-refractivity contribution in [3.63, 3.8) is 0 Å². The van der Waals surface area contributed by atoms with Crippen LogP contribution in [0.1, 0.15) is 123 Å². The first-order valence-corrected chi connectivity index (χ1v) is 16.3. The molecule has 0 saturated heterocycles. The highest BCUT2D eigenvalue weighted by Crippen LogP contribution is 2.35. The molecule has 0 aromatic rings. The van der Waals surface area contributed by atoms with Crippen LogP contribution in [0, 0.1) is 0 Å². The van der Waals surface area contributed by atoms with E-state index in [0.29, 0.717) is 12.8 Å². The number of esters is 2. The summed E-state index contributed by atoms with van der Waals surface area (Å²) in [4.78, 5) is 53.0. The monoisotopic (exact) mass is 568 g/mol. The molecule has 0 bridgehead atoms. The highest BCUT2D eigenvalue weighted by Gasteiger charge is 2.22. The summed E-state index contributed by atoms with van der Waals surface area (Å²) in [5.74, 6) is -0.0710. The molecule has 0 aliphatic heterocycles. The Morgan fingerprint density at radius 2 is 1.22 bits per heavy atom. The summed E-state index contributed by atoms with van der Waals surface area (Å²) in [6.45, 7) is 2.90. The van der Waals surface area contributed by atoms with Crippen molar-refractivity contribution in [2.24, 2.45) is 0 Å². The van der Waals surface area contributed by atoms with Gasteiger partial charge in [-0.1, -0.05) is 95.7 Å². The minimum Gasteiger partial charge on any atom is -0.462 e. The van der Waals surface area contributed by atoms with Crippen molar-refractivity contribution in [3.8, 4) is 0 Å². The number of phosphoric ester groups is 1. The highest BCUT2D eigenvalue weighted by molar-refractivity contribution is 8.13. The van der Waals surface area contributed by atoms with Gasteiger partial charge in [-0.25, -0.2) is 4.57 Å². The molecule has 0 amide bonds. The van der Waals surface area contributed by atoms with Crippen molar-refractivity contribution in [2.45, 2.75) is 129 Å². The lowest BCUT2D eigenvalue weighted by Gasteiger charge is -2.18. The van der Waals surface area contributed by atoms with Gasteiger partial charge >= 0.3 is 19.8 Å². The minimum atomic E-state index is -4.74. The van der Waals surface area contributed by atoms with Crippen LogP contribution >= 0.6 is 19.6 Å². The Bertz CT molecular complexity index is 654. The Hall–Kier alpha value is -0.930. The molecule has 0 aromatic heterocycles. The van der Waals surface area contributed by atoms with Gasteiger partial charge in [0.1, 0.15) is 6.61 Å². The van der Waals surface area contributed by atoms with Gasteiger partial charge in [0.05, 0.1) is 6.61 Å².